The topological polar surface area (TPSA) is 66.5 Å². The number of rotatable bonds is 4. The number of ketones is 1. The van der Waals surface area contributed by atoms with Gasteiger partial charge in [0.2, 0.25) is 5.78 Å². The standard InChI is InChI=1S/C20H14F2N2O3S2/c21-15-7-6-14(10-16(15)22)23-11-18-19(25)20-17(8-9-28-20)24(29(18,26)27)12-13-4-2-1-3-5-13/h1-11,23H,12H2/b18-11+. The third-order valence-corrected chi connectivity index (χ3v) is 7.04. The van der Waals surface area contributed by atoms with E-state index in [2.05, 4.69) is 5.32 Å². The van der Waals surface area contributed by atoms with Gasteiger partial charge in [-0.1, -0.05) is 30.3 Å². The lowest BCUT2D eigenvalue weighted by Crippen LogP contribution is -2.38. The van der Waals surface area contributed by atoms with Crippen molar-refractivity contribution in [3.63, 3.8) is 0 Å². The zero-order valence-corrected chi connectivity index (χ0v) is 16.4. The number of carbonyl (C=O) groups excluding carboxylic acids is 1. The van der Waals surface area contributed by atoms with E-state index in [1.165, 1.54) is 10.4 Å². The molecule has 0 bridgehead atoms. The Morgan fingerprint density at radius 2 is 1.79 bits per heavy atom. The van der Waals surface area contributed by atoms with Gasteiger partial charge in [-0.3, -0.25) is 9.10 Å². The van der Waals surface area contributed by atoms with Crippen molar-refractivity contribution in [2.24, 2.45) is 0 Å². The number of hydrogen-bond acceptors (Lipinski definition) is 5. The van der Waals surface area contributed by atoms with Gasteiger partial charge < -0.3 is 5.32 Å². The van der Waals surface area contributed by atoms with Crippen molar-refractivity contribution in [1.82, 2.24) is 0 Å². The zero-order valence-electron chi connectivity index (χ0n) is 14.8. The summed E-state index contributed by atoms with van der Waals surface area (Å²) in [5.74, 6) is -2.76. The van der Waals surface area contributed by atoms with Crippen LogP contribution >= 0.6 is 11.3 Å². The number of halogens is 2. The summed E-state index contributed by atoms with van der Waals surface area (Å²) in [6.45, 7) is 0.0582. The molecule has 1 aromatic heterocycles. The van der Waals surface area contributed by atoms with E-state index >= 15 is 0 Å². The van der Waals surface area contributed by atoms with Gasteiger partial charge in [0.15, 0.2) is 16.5 Å². The highest BCUT2D eigenvalue weighted by molar-refractivity contribution is 7.97. The first-order chi connectivity index (χ1) is 13.9. The number of anilines is 2. The third-order valence-electron chi connectivity index (χ3n) is 4.37. The van der Waals surface area contributed by atoms with Crippen LogP contribution in [-0.4, -0.2) is 14.2 Å². The van der Waals surface area contributed by atoms with Gasteiger partial charge in [-0.05, 0) is 29.1 Å². The number of thiophene rings is 1. The van der Waals surface area contributed by atoms with Gasteiger partial charge in [0.25, 0.3) is 10.0 Å². The first-order valence-corrected chi connectivity index (χ1v) is 10.8. The summed E-state index contributed by atoms with van der Waals surface area (Å²) in [7, 11) is -4.16. The fraction of sp³-hybridized carbons (Fsp3) is 0.0500. The molecule has 0 amide bonds. The van der Waals surface area contributed by atoms with Crippen molar-refractivity contribution in [3.05, 3.63) is 93.2 Å². The average molecular weight is 432 g/mol. The van der Waals surface area contributed by atoms with Crippen molar-refractivity contribution in [1.29, 1.82) is 0 Å². The Bertz CT molecular complexity index is 1220. The number of nitrogens with zero attached hydrogens (tertiary/aromatic N) is 1. The first kappa shape index (κ1) is 19.3. The minimum atomic E-state index is -4.16. The lowest BCUT2D eigenvalue weighted by Gasteiger charge is -2.29. The zero-order chi connectivity index (χ0) is 20.6. The molecule has 29 heavy (non-hydrogen) atoms. The molecule has 0 spiro atoms. The number of benzene rings is 2. The molecule has 0 saturated carbocycles. The van der Waals surface area contributed by atoms with E-state index in [4.69, 9.17) is 0 Å². The highest BCUT2D eigenvalue weighted by atomic mass is 32.2. The van der Waals surface area contributed by atoms with E-state index in [0.29, 0.717) is 10.6 Å². The van der Waals surface area contributed by atoms with E-state index in [0.717, 1.165) is 35.2 Å². The second kappa shape index (κ2) is 7.41. The molecule has 9 heteroatoms. The molecule has 0 aliphatic carbocycles. The summed E-state index contributed by atoms with van der Waals surface area (Å²) >= 11 is 1.14. The van der Waals surface area contributed by atoms with Crippen LogP contribution in [0.5, 0.6) is 0 Å². The SMILES string of the molecule is O=C1/C(=C\Nc2ccc(F)c(F)c2)S(=O)(=O)N(Cc2ccccc2)c2ccsc21. The largest absolute Gasteiger partial charge is 0.360 e. The number of carbonyl (C=O) groups is 1. The van der Waals surface area contributed by atoms with Gasteiger partial charge >= 0.3 is 0 Å². The quantitative estimate of drug-likeness (QED) is 0.616. The fourth-order valence-corrected chi connectivity index (χ4v) is 5.42. The molecule has 1 aliphatic rings. The Hall–Kier alpha value is -3.04. The van der Waals surface area contributed by atoms with Gasteiger partial charge in [-0.25, -0.2) is 17.2 Å². The van der Waals surface area contributed by atoms with Crippen molar-refractivity contribution < 1.29 is 22.0 Å². The smallest absolute Gasteiger partial charge is 0.270 e. The number of hydrogen-bond donors (Lipinski definition) is 1. The molecule has 0 saturated heterocycles. The Balaban J connectivity index is 1.74. The second-order valence-corrected chi connectivity index (χ2v) is 8.99. The monoisotopic (exact) mass is 432 g/mol. The second-order valence-electron chi connectivity index (χ2n) is 6.24. The molecule has 0 atom stereocenters. The Kier molecular flexibility index (Phi) is 4.93. The van der Waals surface area contributed by atoms with Crippen LogP contribution in [0.15, 0.2) is 71.1 Å². The average Bonchev–Trinajstić information content (AvgIpc) is 3.18. The van der Waals surface area contributed by atoms with Crippen molar-refractivity contribution in [3.8, 4) is 0 Å². The number of allylic oxidation sites excluding steroid dienone is 1. The summed E-state index contributed by atoms with van der Waals surface area (Å²) in [6.07, 6.45) is 1.02. The molecule has 148 valence electrons. The van der Waals surface area contributed by atoms with Crippen LogP contribution in [0.1, 0.15) is 15.2 Å². The molecule has 2 heterocycles. The maximum Gasteiger partial charge on any atom is 0.270 e. The summed E-state index contributed by atoms with van der Waals surface area (Å²) < 4.78 is 54.1. The minimum Gasteiger partial charge on any atom is -0.360 e. The molecule has 0 unspecified atom stereocenters. The molecule has 3 aromatic rings. The normalized spacial score (nSPS) is 16.7. The molecule has 0 fully saturated rings. The van der Waals surface area contributed by atoms with E-state index in [9.17, 15) is 22.0 Å². The fourth-order valence-electron chi connectivity index (χ4n) is 2.94. The molecule has 5 nitrogen and oxygen atoms in total. The predicted octanol–water partition coefficient (Wildman–Crippen LogP) is 4.51. The van der Waals surface area contributed by atoms with Gasteiger partial charge in [0.05, 0.1) is 12.2 Å². The molecule has 2 aromatic carbocycles. The molecule has 1 aliphatic heterocycles. The molecule has 1 N–H and O–H groups in total. The predicted molar refractivity (Wildman–Crippen MR) is 108 cm³/mol. The van der Waals surface area contributed by atoms with Gasteiger partial charge in [-0.15, -0.1) is 11.3 Å². The number of sulfonamides is 1. The molecule has 0 radical (unpaired) electrons. The summed E-state index contributed by atoms with van der Waals surface area (Å²) in [6, 6.07) is 13.6. The summed E-state index contributed by atoms with van der Waals surface area (Å²) in [4.78, 5) is 12.6. The minimum absolute atomic E-state index is 0.0582. The molecule has 4 rings (SSSR count). The van der Waals surface area contributed by atoms with Gasteiger partial charge in [0.1, 0.15) is 4.88 Å². The van der Waals surface area contributed by atoms with Crippen LogP contribution in [0, 0.1) is 11.6 Å². The molecular weight excluding hydrogens is 418 g/mol. The van der Waals surface area contributed by atoms with Crippen LogP contribution in [-0.2, 0) is 16.6 Å². The van der Waals surface area contributed by atoms with Crippen LogP contribution < -0.4 is 9.62 Å². The van der Waals surface area contributed by atoms with Gasteiger partial charge in [0, 0.05) is 18.0 Å². The van der Waals surface area contributed by atoms with E-state index < -0.39 is 32.3 Å². The highest BCUT2D eigenvalue weighted by Gasteiger charge is 2.41. The van der Waals surface area contributed by atoms with E-state index in [1.807, 2.05) is 6.07 Å². The molecular formula is C20H14F2N2O3S2. The number of Topliss-reactive ketones (excluding diaryl/α,β-unsaturated/α-hetero) is 1. The van der Waals surface area contributed by atoms with Gasteiger partial charge in [-0.2, -0.15) is 0 Å². The Morgan fingerprint density at radius 3 is 2.52 bits per heavy atom. The van der Waals surface area contributed by atoms with Crippen molar-refractivity contribution in [2.75, 3.05) is 9.62 Å². The van der Waals surface area contributed by atoms with Crippen molar-refractivity contribution >= 4 is 38.5 Å². The number of fused-ring (bicyclic) bond motifs is 1. The maximum absolute atomic E-state index is 13.4. The third kappa shape index (κ3) is 3.54. The summed E-state index contributed by atoms with van der Waals surface area (Å²) in [5.41, 5.74) is 1.20. The van der Waals surface area contributed by atoms with Crippen LogP contribution in [0.25, 0.3) is 0 Å². The maximum atomic E-state index is 13.4. The highest BCUT2D eigenvalue weighted by Crippen LogP contribution is 2.39. The Labute approximate surface area is 170 Å². The number of nitrogens with one attached hydrogen (secondary N) is 1. The van der Waals surface area contributed by atoms with Crippen LogP contribution in [0.4, 0.5) is 20.2 Å². The Morgan fingerprint density at radius 1 is 1.03 bits per heavy atom. The van der Waals surface area contributed by atoms with Crippen LogP contribution in [0.2, 0.25) is 0 Å². The van der Waals surface area contributed by atoms with Crippen LogP contribution in [0.3, 0.4) is 0 Å². The van der Waals surface area contributed by atoms with E-state index in [-0.39, 0.29) is 12.2 Å². The first-order valence-electron chi connectivity index (χ1n) is 8.48. The van der Waals surface area contributed by atoms with Crippen molar-refractivity contribution in [2.45, 2.75) is 6.54 Å². The lowest BCUT2D eigenvalue weighted by molar-refractivity contribution is 0.104. The van der Waals surface area contributed by atoms with E-state index in [1.54, 1.807) is 35.7 Å². The summed E-state index contributed by atoms with van der Waals surface area (Å²) in [5, 5.41) is 4.24. The lowest BCUT2D eigenvalue weighted by atomic mass is 10.2.